The molecule has 4 heteroatoms. The summed E-state index contributed by atoms with van der Waals surface area (Å²) in [6, 6.07) is 15.5. The smallest absolute Gasteiger partial charge is 0.129 e. The van der Waals surface area contributed by atoms with Gasteiger partial charge in [0.1, 0.15) is 11.5 Å². The fourth-order valence-corrected chi connectivity index (χ4v) is 2.24. The molecule has 0 unspecified atom stereocenters. The molecule has 0 saturated carbocycles. The molecule has 20 heavy (non-hydrogen) atoms. The molecule has 1 aliphatic heterocycles. The summed E-state index contributed by atoms with van der Waals surface area (Å²) in [5.74, 6) is 1.62. The van der Waals surface area contributed by atoms with E-state index in [1.807, 2.05) is 36.4 Å². The minimum atomic E-state index is 0.736. The van der Waals surface area contributed by atoms with Crippen molar-refractivity contribution in [1.82, 2.24) is 0 Å². The van der Waals surface area contributed by atoms with Crippen molar-refractivity contribution in [3.63, 3.8) is 0 Å². The molecule has 2 aromatic carbocycles. The molecule has 1 heterocycles. The highest BCUT2D eigenvalue weighted by atomic mass is 16.5. The third-order valence-corrected chi connectivity index (χ3v) is 3.31. The van der Waals surface area contributed by atoms with E-state index in [0.29, 0.717) is 0 Å². The molecule has 1 aliphatic rings. The predicted molar refractivity (Wildman–Crippen MR) is 80.4 cm³/mol. The van der Waals surface area contributed by atoms with Gasteiger partial charge in [0.05, 0.1) is 13.2 Å². The molecule has 0 radical (unpaired) electrons. The minimum Gasteiger partial charge on any atom is -0.457 e. The van der Waals surface area contributed by atoms with Crippen molar-refractivity contribution < 1.29 is 9.47 Å². The van der Waals surface area contributed by atoms with Crippen LogP contribution in [0.15, 0.2) is 48.5 Å². The van der Waals surface area contributed by atoms with Crippen molar-refractivity contribution in [3.05, 3.63) is 48.5 Å². The van der Waals surface area contributed by atoms with Gasteiger partial charge in [0.25, 0.3) is 0 Å². The number of hydrogen-bond acceptors (Lipinski definition) is 4. The van der Waals surface area contributed by atoms with Gasteiger partial charge >= 0.3 is 0 Å². The van der Waals surface area contributed by atoms with Crippen LogP contribution >= 0.6 is 0 Å². The highest BCUT2D eigenvalue weighted by molar-refractivity contribution is 5.52. The Labute approximate surface area is 118 Å². The van der Waals surface area contributed by atoms with E-state index in [0.717, 1.165) is 43.5 Å². The fourth-order valence-electron chi connectivity index (χ4n) is 2.24. The molecule has 1 saturated heterocycles. The van der Waals surface area contributed by atoms with Crippen molar-refractivity contribution >= 4 is 11.4 Å². The van der Waals surface area contributed by atoms with E-state index in [4.69, 9.17) is 15.2 Å². The van der Waals surface area contributed by atoms with E-state index in [2.05, 4.69) is 17.0 Å². The molecule has 0 amide bonds. The Morgan fingerprint density at radius 3 is 2.45 bits per heavy atom. The number of hydrogen-bond donors (Lipinski definition) is 1. The largest absolute Gasteiger partial charge is 0.457 e. The summed E-state index contributed by atoms with van der Waals surface area (Å²) >= 11 is 0. The molecule has 1 fully saturated rings. The summed E-state index contributed by atoms with van der Waals surface area (Å²) in [6.45, 7) is 3.41. The summed E-state index contributed by atoms with van der Waals surface area (Å²) in [6.07, 6.45) is 0. The first-order valence-corrected chi connectivity index (χ1v) is 6.77. The quantitative estimate of drug-likeness (QED) is 0.871. The highest BCUT2D eigenvalue weighted by Crippen LogP contribution is 2.26. The van der Waals surface area contributed by atoms with Crippen molar-refractivity contribution in [2.24, 2.45) is 0 Å². The molecule has 2 aromatic rings. The third kappa shape index (κ3) is 3.03. The molecule has 0 spiro atoms. The van der Waals surface area contributed by atoms with E-state index >= 15 is 0 Å². The van der Waals surface area contributed by atoms with Crippen molar-refractivity contribution in [2.75, 3.05) is 36.9 Å². The van der Waals surface area contributed by atoms with Gasteiger partial charge in [-0.3, -0.25) is 0 Å². The number of morpholine rings is 1. The Balaban J connectivity index is 1.75. The normalized spacial score (nSPS) is 15.1. The predicted octanol–water partition coefficient (Wildman–Crippen LogP) is 2.90. The van der Waals surface area contributed by atoms with E-state index < -0.39 is 0 Å². The lowest BCUT2D eigenvalue weighted by molar-refractivity contribution is 0.122. The first-order valence-electron chi connectivity index (χ1n) is 6.77. The van der Waals surface area contributed by atoms with Gasteiger partial charge in [-0.2, -0.15) is 0 Å². The zero-order valence-corrected chi connectivity index (χ0v) is 11.3. The van der Waals surface area contributed by atoms with Crippen molar-refractivity contribution in [1.29, 1.82) is 0 Å². The minimum absolute atomic E-state index is 0.736. The summed E-state index contributed by atoms with van der Waals surface area (Å²) in [4.78, 5) is 2.30. The standard InChI is InChI=1S/C16H18N2O2/c17-13-4-6-15(7-5-13)20-16-3-1-2-14(12-16)18-8-10-19-11-9-18/h1-7,12H,8-11,17H2. The molecule has 0 aromatic heterocycles. The molecule has 0 aliphatic carbocycles. The molecule has 3 rings (SSSR count). The maximum absolute atomic E-state index is 5.85. The van der Waals surface area contributed by atoms with Crippen LogP contribution < -0.4 is 15.4 Å². The lowest BCUT2D eigenvalue weighted by Crippen LogP contribution is -2.36. The van der Waals surface area contributed by atoms with E-state index in [1.54, 1.807) is 0 Å². The average Bonchev–Trinajstić information content (AvgIpc) is 2.51. The van der Waals surface area contributed by atoms with Crippen LogP contribution in [-0.2, 0) is 4.74 Å². The Hall–Kier alpha value is -2.20. The third-order valence-electron chi connectivity index (χ3n) is 3.31. The van der Waals surface area contributed by atoms with Crippen LogP contribution in [0.1, 0.15) is 0 Å². The number of ether oxygens (including phenoxy) is 2. The Morgan fingerprint density at radius 1 is 0.950 bits per heavy atom. The highest BCUT2D eigenvalue weighted by Gasteiger charge is 2.11. The number of nitrogens with two attached hydrogens (primary N) is 1. The average molecular weight is 270 g/mol. The van der Waals surface area contributed by atoms with Gasteiger partial charge in [-0.15, -0.1) is 0 Å². The molecule has 2 N–H and O–H groups in total. The second-order valence-electron chi connectivity index (χ2n) is 4.77. The second kappa shape index (κ2) is 5.84. The lowest BCUT2D eigenvalue weighted by atomic mass is 10.2. The topological polar surface area (TPSA) is 47.7 Å². The molecule has 0 atom stereocenters. The van der Waals surface area contributed by atoms with Gasteiger partial charge in [-0.25, -0.2) is 0 Å². The van der Waals surface area contributed by atoms with Gasteiger partial charge in [0, 0.05) is 30.5 Å². The molecular weight excluding hydrogens is 252 g/mol. The van der Waals surface area contributed by atoms with Crippen LogP contribution in [0.3, 0.4) is 0 Å². The number of nitrogen functional groups attached to an aromatic ring is 1. The van der Waals surface area contributed by atoms with Gasteiger partial charge < -0.3 is 20.1 Å². The Morgan fingerprint density at radius 2 is 1.70 bits per heavy atom. The maximum Gasteiger partial charge on any atom is 0.129 e. The van der Waals surface area contributed by atoms with E-state index in [9.17, 15) is 0 Å². The van der Waals surface area contributed by atoms with Gasteiger partial charge in [0.15, 0.2) is 0 Å². The Bertz CT molecular complexity index is 563. The van der Waals surface area contributed by atoms with Crippen LogP contribution in [-0.4, -0.2) is 26.3 Å². The van der Waals surface area contributed by atoms with Crippen molar-refractivity contribution in [2.45, 2.75) is 0 Å². The van der Waals surface area contributed by atoms with Gasteiger partial charge in [0.2, 0.25) is 0 Å². The number of benzene rings is 2. The number of rotatable bonds is 3. The maximum atomic E-state index is 5.85. The molecule has 4 nitrogen and oxygen atoms in total. The summed E-state index contributed by atoms with van der Waals surface area (Å²) in [5, 5.41) is 0. The van der Waals surface area contributed by atoms with Crippen LogP contribution in [0, 0.1) is 0 Å². The fraction of sp³-hybridized carbons (Fsp3) is 0.250. The van der Waals surface area contributed by atoms with Crippen LogP contribution in [0.4, 0.5) is 11.4 Å². The monoisotopic (exact) mass is 270 g/mol. The first kappa shape index (κ1) is 12.8. The van der Waals surface area contributed by atoms with Crippen LogP contribution in [0.5, 0.6) is 11.5 Å². The Kier molecular flexibility index (Phi) is 3.74. The summed E-state index contributed by atoms with van der Waals surface area (Å²) in [7, 11) is 0. The summed E-state index contributed by atoms with van der Waals surface area (Å²) < 4.78 is 11.2. The summed E-state index contributed by atoms with van der Waals surface area (Å²) in [5.41, 5.74) is 7.57. The van der Waals surface area contributed by atoms with Crippen LogP contribution in [0.2, 0.25) is 0 Å². The SMILES string of the molecule is Nc1ccc(Oc2cccc(N3CCOCC3)c2)cc1. The molecular formula is C16H18N2O2. The number of nitrogens with zero attached hydrogens (tertiary/aromatic N) is 1. The van der Waals surface area contributed by atoms with Gasteiger partial charge in [-0.05, 0) is 36.4 Å². The van der Waals surface area contributed by atoms with E-state index in [-0.39, 0.29) is 0 Å². The lowest BCUT2D eigenvalue weighted by Gasteiger charge is -2.29. The van der Waals surface area contributed by atoms with Gasteiger partial charge in [-0.1, -0.05) is 6.07 Å². The van der Waals surface area contributed by atoms with Crippen molar-refractivity contribution in [3.8, 4) is 11.5 Å². The first-order chi connectivity index (χ1) is 9.81. The molecule has 104 valence electrons. The zero-order chi connectivity index (χ0) is 13.8. The van der Waals surface area contributed by atoms with E-state index in [1.165, 1.54) is 5.69 Å². The molecule has 0 bridgehead atoms. The zero-order valence-electron chi connectivity index (χ0n) is 11.3. The number of anilines is 2. The van der Waals surface area contributed by atoms with Crippen LogP contribution in [0.25, 0.3) is 0 Å². The second-order valence-corrected chi connectivity index (χ2v) is 4.77.